The Bertz CT molecular complexity index is 472. The van der Waals surface area contributed by atoms with Crippen molar-refractivity contribution in [2.24, 2.45) is 5.41 Å². The summed E-state index contributed by atoms with van der Waals surface area (Å²) < 4.78 is 13.3. The summed E-state index contributed by atoms with van der Waals surface area (Å²) in [5.41, 5.74) is 0.676. The van der Waals surface area contributed by atoms with Gasteiger partial charge in [0.1, 0.15) is 5.82 Å². The predicted molar refractivity (Wildman–Crippen MR) is 66.9 cm³/mol. The maximum atomic E-state index is 13.3. The van der Waals surface area contributed by atoms with E-state index in [9.17, 15) is 14.5 Å². The Hall–Kier alpha value is -1.49. The number of nitro groups is 1. The van der Waals surface area contributed by atoms with Crippen LogP contribution in [0.15, 0.2) is 18.2 Å². The van der Waals surface area contributed by atoms with Crippen molar-refractivity contribution in [3.05, 3.63) is 39.7 Å². The van der Waals surface area contributed by atoms with Gasteiger partial charge in [0.05, 0.1) is 11.0 Å². The van der Waals surface area contributed by atoms with Crippen LogP contribution in [0, 0.1) is 21.3 Å². The van der Waals surface area contributed by atoms with E-state index in [2.05, 4.69) is 12.2 Å². The van der Waals surface area contributed by atoms with Crippen molar-refractivity contribution in [1.29, 1.82) is 0 Å². The molecule has 1 aromatic rings. The van der Waals surface area contributed by atoms with Crippen LogP contribution >= 0.6 is 0 Å². The topological polar surface area (TPSA) is 55.2 Å². The molecule has 4 nitrogen and oxygen atoms in total. The van der Waals surface area contributed by atoms with Gasteiger partial charge in [0.15, 0.2) is 0 Å². The summed E-state index contributed by atoms with van der Waals surface area (Å²) in [7, 11) is 1.90. The Labute approximate surface area is 105 Å². The van der Waals surface area contributed by atoms with Crippen molar-refractivity contribution in [2.75, 3.05) is 7.05 Å². The van der Waals surface area contributed by atoms with Crippen LogP contribution in [-0.2, 0) is 6.42 Å². The molecule has 1 aliphatic carbocycles. The van der Waals surface area contributed by atoms with Gasteiger partial charge in [-0.05, 0) is 50.3 Å². The van der Waals surface area contributed by atoms with Crippen LogP contribution in [0.5, 0.6) is 0 Å². The first kappa shape index (κ1) is 13.0. The van der Waals surface area contributed by atoms with Gasteiger partial charge in [-0.2, -0.15) is 0 Å². The highest BCUT2D eigenvalue weighted by molar-refractivity contribution is 5.36. The average molecular weight is 252 g/mol. The SMILES string of the molecule is CNC(C)C1(Cc2cc(F)cc([N+](=O)[O-])c2)CC1. The fourth-order valence-electron chi connectivity index (χ4n) is 2.48. The lowest BCUT2D eigenvalue weighted by Crippen LogP contribution is -2.33. The molecular formula is C13H17FN2O2. The molecule has 0 spiro atoms. The Balaban J connectivity index is 2.22. The normalized spacial score (nSPS) is 18.4. The second-order valence-corrected chi connectivity index (χ2v) is 5.12. The first-order valence-corrected chi connectivity index (χ1v) is 6.08. The summed E-state index contributed by atoms with van der Waals surface area (Å²) in [6.07, 6.45) is 2.85. The van der Waals surface area contributed by atoms with Crippen molar-refractivity contribution in [3.63, 3.8) is 0 Å². The number of halogens is 1. The molecule has 18 heavy (non-hydrogen) atoms. The molecule has 2 rings (SSSR count). The molecule has 0 radical (unpaired) electrons. The second-order valence-electron chi connectivity index (χ2n) is 5.12. The molecule has 1 saturated carbocycles. The molecule has 1 fully saturated rings. The monoisotopic (exact) mass is 252 g/mol. The summed E-state index contributed by atoms with van der Waals surface area (Å²) >= 11 is 0. The van der Waals surface area contributed by atoms with Crippen LogP contribution < -0.4 is 5.32 Å². The number of benzene rings is 1. The Kier molecular flexibility index (Phi) is 3.34. The quantitative estimate of drug-likeness (QED) is 0.647. The number of hydrogen-bond donors (Lipinski definition) is 1. The largest absolute Gasteiger partial charge is 0.317 e. The fraction of sp³-hybridized carbons (Fsp3) is 0.538. The molecule has 0 aromatic heterocycles. The third-order valence-electron chi connectivity index (χ3n) is 3.95. The standard InChI is InChI=1S/C13H17FN2O2/c1-9(15-2)13(3-4-13)8-10-5-11(14)7-12(6-10)16(17)18/h5-7,9,15H,3-4,8H2,1-2H3. The van der Waals surface area contributed by atoms with Gasteiger partial charge < -0.3 is 5.32 Å². The van der Waals surface area contributed by atoms with Gasteiger partial charge in [-0.1, -0.05) is 0 Å². The van der Waals surface area contributed by atoms with E-state index in [4.69, 9.17) is 0 Å². The Morgan fingerprint density at radius 2 is 2.17 bits per heavy atom. The van der Waals surface area contributed by atoms with E-state index in [0.29, 0.717) is 18.0 Å². The molecule has 5 heteroatoms. The van der Waals surface area contributed by atoms with Crippen LogP contribution in [-0.4, -0.2) is 18.0 Å². The van der Waals surface area contributed by atoms with Crippen LogP contribution in [0.3, 0.4) is 0 Å². The van der Waals surface area contributed by atoms with Crippen LogP contribution in [0.1, 0.15) is 25.3 Å². The van der Waals surface area contributed by atoms with E-state index >= 15 is 0 Å². The molecule has 1 atom stereocenters. The smallest absolute Gasteiger partial charge is 0.272 e. The summed E-state index contributed by atoms with van der Waals surface area (Å²) in [5, 5.41) is 13.9. The van der Waals surface area contributed by atoms with Gasteiger partial charge in [-0.25, -0.2) is 4.39 Å². The molecule has 0 heterocycles. The lowest BCUT2D eigenvalue weighted by Gasteiger charge is -2.23. The van der Waals surface area contributed by atoms with Crippen LogP contribution in [0.25, 0.3) is 0 Å². The molecule has 98 valence electrons. The average Bonchev–Trinajstić information content (AvgIpc) is 3.08. The minimum Gasteiger partial charge on any atom is -0.317 e. The van der Waals surface area contributed by atoms with Gasteiger partial charge in [0.25, 0.3) is 5.69 Å². The number of nitro benzene ring substituents is 1. The van der Waals surface area contributed by atoms with E-state index in [1.165, 1.54) is 12.1 Å². The minimum atomic E-state index is -0.548. The zero-order chi connectivity index (χ0) is 13.3. The zero-order valence-electron chi connectivity index (χ0n) is 10.6. The van der Waals surface area contributed by atoms with Gasteiger partial charge >= 0.3 is 0 Å². The molecule has 0 saturated heterocycles. The van der Waals surface area contributed by atoms with Gasteiger partial charge in [0.2, 0.25) is 0 Å². The highest BCUT2D eigenvalue weighted by atomic mass is 19.1. The number of hydrogen-bond acceptors (Lipinski definition) is 3. The van der Waals surface area contributed by atoms with Crippen molar-refractivity contribution < 1.29 is 9.31 Å². The fourth-order valence-corrected chi connectivity index (χ4v) is 2.48. The van der Waals surface area contributed by atoms with E-state index < -0.39 is 10.7 Å². The molecule has 1 N–H and O–H groups in total. The van der Waals surface area contributed by atoms with Crippen molar-refractivity contribution in [1.82, 2.24) is 5.32 Å². The van der Waals surface area contributed by atoms with E-state index in [-0.39, 0.29) is 11.1 Å². The minimum absolute atomic E-state index is 0.135. The summed E-state index contributed by atoms with van der Waals surface area (Å²) in [6.45, 7) is 2.10. The summed E-state index contributed by atoms with van der Waals surface area (Å²) in [4.78, 5) is 10.2. The molecule has 0 bridgehead atoms. The third-order valence-corrected chi connectivity index (χ3v) is 3.95. The maximum absolute atomic E-state index is 13.3. The molecule has 1 unspecified atom stereocenters. The predicted octanol–water partition coefficient (Wildman–Crippen LogP) is 2.66. The van der Waals surface area contributed by atoms with Crippen molar-refractivity contribution in [2.45, 2.75) is 32.2 Å². The van der Waals surface area contributed by atoms with Crippen molar-refractivity contribution in [3.8, 4) is 0 Å². The van der Waals surface area contributed by atoms with E-state index in [0.717, 1.165) is 18.9 Å². The van der Waals surface area contributed by atoms with E-state index in [1.807, 2.05) is 7.05 Å². The first-order chi connectivity index (χ1) is 8.47. The Morgan fingerprint density at radius 1 is 1.50 bits per heavy atom. The lowest BCUT2D eigenvalue weighted by molar-refractivity contribution is -0.385. The first-order valence-electron chi connectivity index (χ1n) is 6.08. The van der Waals surface area contributed by atoms with Crippen LogP contribution in [0.4, 0.5) is 10.1 Å². The summed E-state index contributed by atoms with van der Waals surface area (Å²) in [5.74, 6) is -0.535. The molecule has 0 aliphatic heterocycles. The molecule has 0 amide bonds. The van der Waals surface area contributed by atoms with E-state index in [1.54, 1.807) is 0 Å². The van der Waals surface area contributed by atoms with Crippen LogP contribution in [0.2, 0.25) is 0 Å². The highest BCUT2D eigenvalue weighted by Crippen LogP contribution is 2.51. The summed E-state index contributed by atoms with van der Waals surface area (Å²) in [6, 6.07) is 4.17. The lowest BCUT2D eigenvalue weighted by atomic mass is 9.89. The molecule has 1 aliphatic rings. The second kappa shape index (κ2) is 4.65. The zero-order valence-corrected chi connectivity index (χ0v) is 10.6. The molecule has 1 aromatic carbocycles. The third kappa shape index (κ3) is 2.51. The van der Waals surface area contributed by atoms with Crippen molar-refractivity contribution >= 4 is 5.69 Å². The molecular weight excluding hydrogens is 235 g/mol. The maximum Gasteiger partial charge on any atom is 0.272 e. The number of nitrogens with zero attached hydrogens (tertiary/aromatic N) is 1. The van der Waals surface area contributed by atoms with Gasteiger partial charge in [-0.15, -0.1) is 0 Å². The Morgan fingerprint density at radius 3 is 2.67 bits per heavy atom. The number of nitrogens with one attached hydrogen (secondary N) is 1. The number of rotatable bonds is 5. The highest BCUT2D eigenvalue weighted by Gasteiger charge is 2.46. The van der Waals surface area contributed by atoms with Gasteiger partial charge in [0, 0.05) is 12.1 Å². The van der Waals surface area contributed by atoms with Gasteiger partial charge in [-0.3, -0.25) is 10.1 Å². The number of non-ortho nitro benzene ring substituents is 1.